The van der Waals surface area contributed by atoms with Gasteiger partial charge < -0.3 is 14.2 Å². The number of hydrogen-bond acceptors (Lipinski definition) is 3. The Balaban J connectivity index is 1.31. The van der Waals surface area contributed by atoms with Gasteiger partial charge in [0, 0.05) is 13.0 Å². The minimum absolute atomic E-state index is 0.765. The lowest BCUT2D eigenvalue weighted by atomic mass is 10.1. The first-order chi connectivity index (χ1) is 15.7. The van der Waals surface area contributed by atoms with Crippen molar-refractivity contribution in [3.8, 4) is 5.75 Å². The van der Waals surface area contributed by atoms with Crippen molar-refractivity contribution in [1.29, 1.82) is 0 Å². The highest BCUT2D eigenvalue weighted by Gasteiger charge is 2.12. The largest absolute Gasteiger partial charge is 0.493 e. The summed E-state index contributed by atoms with van der Waals surface area (Å²) in [6.45, 7) is 9.76. The first-order valence-corrected chi connectivity index (χ1v) is 12.6. The average molecular weight is 434 g/mol. The van der Waals surface area contributed by atoms with Crippen LogP contribution < -0.4 is 4.74 Å². The molecule has 1 aliphatic rings. The molecule has 1 saturated heterocycles. The highest BCUT2D eigenvalue weighted by molar-refractivity contribution is 5.75. The van der Waals surface area contributed by atoms with Crippen LogP contribution in [0, 0.1) is 13.8 Å². The van der Waals surface area contributed by atoms with Gasteiger partial charge in [0.1, 0.15) is 11.6 Å². The molecule has 0 amide bonds. The van der Waals surface area contributed by atoms with Crippen molar-refractivity contribution >= 4 is 11.0 Å². The molecule has 3 aromatic rings. The van der Waals surface area contributed by atoms with Crippen LogP contribution in [0.15, 0.2) is 42.5 Å². The normalized spacial score (nSPS) is 15.2. The van der Waals surface area contributed by atoms with Crippen LogP contribution in [-0.2, 0) is 13.0 Å². The Bertz CT molecular complexity index is 986. The summed E-state index contributed by atoms with van der Waals surface area (Å²) in [5, 5.41) is 0. The third kappa shape index (κ3) is 6.13. The molecule has 0 unspecified atom stereocenters. The summed E-state index contributed by atoms with van der Waals surface area (Å²) in [5.41, 5.74) is 4.86. The van der Waals surface area contributed by atoms with Crippen LogP contribution in [0.25, 0.3) is 11.0 Å². The van der Waals surface area contributed by atoms with Gasteiger partial charge in [0.15, 0.2) is 0 Å². The summed E-state index contributed by atoms with van der Waals surface area (Å²) < 4.78 is 8.52. The molecule has 1 fully saturated rings. The molecule has 0 N–H and O–H groups in total. The SMILES string of the molecule is Cc1ccc(C)c(OCCCCn2c(CCCN3CCCCCC3)nc3ccccc32)c1. The molecule has 4 nitrogen and oxygen atoms in total. The maximum absolute atomic E-state index is 6.07. The summed E-state index contributed by atoms with van der Waals surface area (Å²) in [4.78, 5) is 7.65. The molecular weight excluding hydrogens is 394 g/mol. The average Bonchev–Trinajstić information content (AvgIpc) is 2.95. The van der Waals surface area contributed by atoms with E-state index in [1.54, 1.807) is 0 Å². The lowest BCUT2D eigenvalue weighted by Crippen LogP contribution is -2.26. The van der Waals surface area contributed by atoms with Gasteiger partial charge in [-0.15, -0.1) is 0 Å². The van der Waals surface area contributed by atoms with E-state index in [9.17, 15) is 0 Å². The monoisotopic (exact) mass is 433 g/mol. The molecule has 0 spiro atoms. The number of fused-ring (bicyclic) bond motifs is 1. The molecule has 172 valence electrons. The van der Waals surface area contributed by atoms with Gasteiger partial charge >= 0.3 is 0 Å². The van der Waals surface area contributed by atoms with Crippen molar-refractivity contribution < 1.29 is 4.74 Å². The van der Waals surface area contributed by atoms with Gasteiger partial charge in [0.2, 0.25) is 0 Å². The number of hydrogen-bond donors (Lipinski definition) is 0. The van der Waals surface area contributed by atoms with E-state index >= 15 is 0 Å². The molecular formula is C28H39N3O. The predicted molar refractivity (Wildman–Crippen MR) is 134 cm³/mol. The molecule has 2 heterocycles. The van der Waals surface area contributed by atoms with Crippen LogP contribution in [0.2, 0.25) is 0 Å². The Morgan fingerprint density at radius 2 is 1.69 bits per heavy atom. The van der Waals surface area contributed by atoms with Gasteiger partial charge in [0.25, 0.3) is 0 Å². The fourth-order valence-electron chi connectivity index (χ4n) is 4.80. The molecule has 0 radical (unpaired) electrons. The van der Waals surface area contributed by atoms with Crippen molar-refractivity contribution in [3.05, 3.63) is 59.4 Å². The van der Waals surface area contributed by atoms with Crippen molar-refractivity contribution in [2.75, 3.05) is 26.2 Å². The highest BCUT2D eigenvalue weighted by Crippen LogP contribution is 2.21. The van der Waals surface area contributed by atoms with Gasteiger partial charge in [-0.2, -0.15) is 0 Å². The molecule has 1 aliphatic heterocycles. The van der Waals surface area contributed by atoms with Crippen LogP contribution in [0.4, 0.5) is 0 Å². The van der Waals surface area contributed by atoms with Crippen LogP contribution in [0.1, 0.15) is 61.9 Å². The van der Waals surface area contributed by atoms with Gasteiger partial charge in [-0.25, -0.2) is 4.98 Å². The number of imidazole rings is 1. The predicted octanol–water partition coefficient (Wildman–Crippen LogP) is 6.32. The maximum Gasteiger partial charge on any atom is 0.122 e. The third-order valence-electron chi connectivity index (χ3n) is 6.68. The van der Waals surface area contributed by atoms with E-state index < -0.39 is 0 Å². The standard InChI is InChI=1S/C28H39N3O/c1-23-15-16-24(2)27(22-23)32-21-10-9-20-31-26-13-6-5-12-25(26)29-28(31)14-11-19-30-17-7-3-4-8-18-30/h5-6,12-13,15-16,22H,3-4,7-11,14,17-21H2,1-2H3. The van der Waals surface area contributed by atoms with E-state index in [1.807, 2.05) is 0 Å². The topological polar surface area (TPSA) is 30.3 Å². The number of aromatic nitrogens is 2. The van der Waals surface area contributed by atoms with Crippen molar-refractivity contribution in [3.63, 3.8) is 0 Å². The summed E-state index contributed by atoms with van der Waals surface area (Å²) >= 11 is 0. The van der Waals surface area contributed by atoms with E-state index in [4.69, 9.17) is 9.72 Å². The van der Waals surface area contributed by atoms with Gasteiger partial charge in [-0.3, -0.25) is 0 Å². The summed E-state index contributed by atoms with van der Waals surface area (Å²) in [6, 6.07) is 15.0. The molecule has 0 aliphatic carbocycles. The second kappa shape index (κ2) is 11.5. The number of unbranched alkanes of at least 4 members (excludes halogenated alkanes) is 1. The van der Waals surface area contributed by atoms with Crippen molar-refractivity contribution in [2.24, 2.45) is 0 Å². The van der Waals surface area contributed by atoms with Crippen LogP contribution in [0.3, 0.4) is 0 Å². The van der Waals surface area contributed by atoms with Gasteiger partial charge in [-0.05, 0) is 94.9 Å². The van der Waals surface area contributed by atoms with Gasteiger partial charge in [-0.1, -0.05) is 37.1 Å². The number of ether oxygens (including phenoxy) is 1. The van der Waals surface area contributed by atoms with E-state index in [1.165, 1.54) is 74.2 Å². The Morgan fingerprint density at radius 1 is 0.875 bits per heavy atom. The number of benzene rings is 2. The molecule has 4 heteroatoms. The Hall–Kier alpha value is -2.33. The Labute approximate surface area is 193 Å². The fraction of sp³-hybridized carbons (Fsp3) is 0.536. The smallest absolute Gasteiger partial charge is 0.122 e. The first kappa shape index (κ1) is 22.8. The minimum Gasteiger partial charge on any atom is -0.493 e. The third-order valence-corrected chi connectivity index (χ3v) is 6.68. The second-order valence-corrected chi connectivity index (χ2v) is 9.35. The number of aryl methyl sites for hydroxylation is 4. The number of para-hydroxylation sites is 2. The van der Waals surface area contributed by atoms with E-state index in [0.717, 1.165) is 43.7 Å². The summed E-state index contributed by atoms with van der Waals surface area (Å²) in [7, 11) is 0. The molecule has 32 heavy (non-hydrogen) atoms. The number of nitrogens with zero attached hydrogens (tertiary/aromatic N) is 3. The van der Waals surface area contributed by atoms with E-state index in [2.05, 4.69) is 65.8 Å². The molecule has 4 rings (SSSR count). The molecule has 0 saturated carbocycles. The van der Waals surface area contributed by atoms with E-state index in [0.29, 0.717) is 0 Å². The second-order valence-electron chi connectivity index (χ2n) is 9.35. The van der Waals surface area contributed by atoms with E-state index in [-0.39, 0.29) is 0 Å². The molecule has 1 aromatic heterocycles. The number of likely N-dealkylation sites (tertiary alicyclic amines) is 1. The van der Waals surface area contributed by atoms with Crippen molar-refractivity contribution in [2.45, 2.75) is 71.8 Å². The molecule has 2 aromatic carbocycles. The first-order valence-electron chi connectivity index (χ1n) is 12.6. The van der Waals surface area contributed by atoms with Crippen LogP contribution in [-0.4, -0.2) is 40.7 Å². The lowest BCUT2D eigenvalue weighted by molar-refractivity contribution is 0.280. The summed E-state index contributed by atoms with van der Waals surface area (Å²) in [6.07, 6.45) is 9.94. The summed E-state index contributed by atoms with van der Waals surface area (Å²) in [5.74, 6) is 2.27. The van der Waals surface area contributed by atoms with Crippen molar-refractivity contribution in [1.82, 2.24) is 14.5 Å². The molecule has 0 bridgehead atoms. The quantitative estimate of drug-likeness (QED) is 0.350. The van der Waals surface area contributed by atoms with Gasteiger partial charge in [0.05, 0.1) is 17.6 Å². The number of rotatable bonds is 10. The lowest BCUT2D eigenvalue weighted by Gasteiger charge is -2.19. The zero-order valence-electron chi connectivity index (χ0n) is 20.0. The Kier molecular flexibility index (Phi) is 8.22. The fourth-order valence-corrected chi connectivity index (χ4v) is 4.80. The van der Waals surface area contributed by atoms with Crippen LogP contribution >= 0.6 is 0 Å². The maximum atomic E-state index is 6.07. The zero-order chi connectivity index (χ0) is 22.2. The Morgan fingerprint density at radius 3 is 2.53 bits per heavy atom. The zero-order valence-corrected chi connectivity index (χ0v) is 20.0. The van der Waals surface area contributed by atoms with Crippen LogP contribution in [0.5, 0.6) is 5.75 Å². The minimum atomic E-state index is 0.765. The molecule has 0 atom stereocenters. The highest BCUT2D eigenvalue weighted by atomic mass is 16.5.